The van der Waals surface area contributed by atoms with Gasteiger partial charge in [0.1, 0.15) is 0 Å². The van der Waals surface area contributed by atoms with Crippen LogP contribution in [0.5, 0.6) is 0 Å². The molecular weight excluding hydrogens is 440 g/mol. The van der Waals surface area contributed by atoms with Crippen molar-refractivity contribution in [3.8, 4) is 5.69 Å². The number of rotatable bonds is 5. The smallest absolute Gasteiger partial charge is 0.267 e. The first-order valence-electron chi connectivity index (χ1n) is 10.1. The molecule has 0 N–H and O–H groups in total. The number of Topliss-reactive ketones (excluding diaryl/α,β-unsaturated/α-hetero) is 1. The molecule has 5 rings (SSSR count). The van der Waals surface area contributed by atoms with Gasteiger partial charge in [0.25, 0.3) is 5.56 Å². The van der Waals surface area contributed by atoms with Gasteiger partial charge in [-0.05, 0) is 62.2 Å². The van der Waals surface area contributed by atoms with Crippen LogP contribution in [0.15, 0.2) is 64.5 Å². The zero-order valence-electron chi connectivity index (χ0n) is 17.8. The van der Waals surface area contributed by atoms with E-state index in [0.717, 1.165) is 32.1 Å². The van der Waals surface area contributed by atoms with Crippen LogP contribution >= 0.6 is 23.1 Å². The van der Waals surface area contributed by atoms with Crippen LogP contribution in [0.1, 0.15) is 25.7 Å². The van der Waals surface area contributed by atoms with Gasteiger partial charge in [0.05, 0.1) is 27.2 Å². The van der Waals surface area contributed by atoms with E-state index in [4.69, 9.17) is 0 Å². The number of thioether (sulfide) groups is 1. The molecule has 3 aromatic heterocycles. The van der Waals surface area contributed by atoms with Crippen molar-refractivity contribution in [2.75, 3.05) is 5.75 Å². The molecule has 8 heteroatoms. The molecule has 0 saturated heterocycles. The molecule has 0 spiro atoms. The SMILES string of the molecule is Cc1ccc(C(=O)CSc2nnc3n(-c4cccc(C)c4C)c(=O)c4ccccc4n23)s1. The number of aromatic nitrogens is 4. The van der Waals surface area contributed by atoms with Gasteiger partial charge in [0.15, 0.2) is 10.9 Å². The summed E-state index contributed by atoms with van der Waals surface area (Å²) in [6.07, 6.45) is 0. The van der Waals surface area contributed by atoms with Crippen molar-refractivity contribution in [2.24, 2.45) is 0 Å². The molecule has 6 nitrogen and oxygen atoms in total. The summed E-state index contributed by atoms with van der Waals surface area (Å²) in [4.78, 5) is 28.0. The Labute approximate surface area is 192 Å². The van der Waals surface area contributed by atoms with E-state index < -0.39 is 0 Å². The van der Waals surface area contributed by atoms with Crippen LogP contribution < -0.4 is 5.56 Å². The first-order valence-corrected chi connectivity index (χ1v) is 11.9. The first kappa shape index (κ1) is 20.7. The Balaban J connectivity index is 1.69. The second kappa shape index (κ2) is 8.03. The molecule has 0 radical (unpaired) electrons. The van der Waals surface area contributed by atoms with Gasteiger partial charge in [-0.3, -0.25) is 14.0 Å². The van der Waals surface area contributed by atoms with Crippen LogP contribution in [0, 0.1) is 20.8 Å². The van der Waals surface area contributed by atoms with Crippen LogP contribution in [0.25, 0.3) is 22.4 Å². The molecule has 0 unspecified atom stereocenters. The topological polar surface area (TPSA) is 69.3 Å². The van der Waals surface area contributed by atoms with E-state index in [1.54, 1.807) is 4.57 Å². The van der Waals surface area contributed by atoms with Crippen molar-refractivity contribution in [1.29, 1.82) is 0 Å². The molecule has 0 aliphatic carbocycles. The van der Waals surface area contributed by atoms with Gasteiger partial charge < -0.3 is 0 Å². The number of ketones is 1. The standard InChI is InChI=1S/C24H20N4O2S2/c1-14-7-6-10-18(16(14)3)27-22(30)17-8-4-5-9-19(17)28-23(27)25-26-24(28)31-13-20(29)21-12-11-15(2)32-21/h4-12H,13H2,1-3H3. The van der Waals surface area contributed by atoms with Crippen molar-refractivity contribution in [3.05, 3.63) is 85.8 Å². The van der Waals surface area contributed by atoms with Crippen molar-refractivity contribution >= 4 is 45.6 Å². The third-order valence-electron chi connectivity index (χ3n) is 5.56. The molecule has 0 fully saturated rings. The average molecular weight is 461 g/mol. The highest BCUT2D eigenvalue weighted by atomic mass is 32.2. The summed E-state index contributed by atoms with van der Waals surface area (Å²) in [6, 6.07) is 17.1. The number of carbonyl (C=O) groups is 1. The summed E-state index contributed by atoms with van der Waals surface area (Å²) in [7, 11) is 0. The monoisotopic (exact) mass is 460 g/mol. The zero-order chi connectivity index (χ0) is 22.4. The van der Waals surface area contributed by atoms with Gasteiger partial charge in [0, 0.05) is 4.88 Å². The third kappa shape index (κ3) is 3.36. The third-order valence-corrected chi connectivity index (χ3v) is 7.53. The minimum absolute atomic E-state index is 0.0528. The number of hydrogen-bond donors (Lipinski definition) is 0. The largest absolute Gasteiger partial charge is 0.292 e. The number of fused-ring (bicyclic) bond motifs is 3. The van der Waals surface area contributed by atoms with Crippen molar-refractivity contribution in [2.45, 2.75) is 25.9 Å². The molecule has 0 aliphatic heterocycles. The van der Waals surface area contributed by atoms with E-state index in [0.29, 0.717) is 16.3 Å². The maximum atomic E-state index is 13.5. The van der Waals surface area contributed by atoms with Gasteiger partial charge in [0.2, 0.25) is 5.78 Å². The Bertz CT molecular complexity index is 1560. The highest BCUT2D eigenvalue weighted by Crippen LogP contribution is 2.26. The van der Waals surface area contributed by atoms with Crippen LogP contribution in [-0.2, 0) is 0 Å². The van der Waals surface area contributed by atoms with E-state index in [1.807, 2.05) is 79.8 Å². The molecule has 160 valence electrons. The van der Waals surface area contributed by atoms with Crippen LogP contribution in [-0.4, -0.2) is 30.7 Å². The second-order valence-corrected chi connectivity index (χ2v) is 9.85. The van der Waals surface area contributed by atoms with Gasteiger partial charge in [-0.2, -0.15) is 0 Å². The maximum Gasteiger partial charge on any atom is 0.267 e. The van der Waals surface area contributed by atoms with Crippen LogP contribution in [0.2, 0.25) is 0 Å². The summed E-state index contributed by atoms with van der Waals surface area (Å²) < 4.78 is 3.49. The fourth-order valence-corrected chi connectivity index (χ4v) is 5.47. The van der Waals surface area contributed by atoms with E-state index in [1.165, 1.54) is 23.1 Å². The lowest BCUT2D eigenvalue weighted by Crippen LogP contribution is -2.22. The quantitative estimate of drug-likeness (QED) is 0.273. The summed E-state index contributed by atoms with van der Waals surface area (Å²) in [5.74, 6) is 0.735. The van der Waals surface area contributed by atoms with Gasteiger partial charge in [-0.15, -0.1) is 21.5 Å². The second-order valence-electron chi connectivity index (χ2n) is 7.62. The molecule has 0 amide bonds. The maximum absolute atomic E-state index is 13.5. The summed E-state index contributed by atoms with van der Waals surface area (Å²) in [6.45, 7) is 6.00. The number of benzene rings is 2. The number of nitrogens with zero attached hydrogens (tertiary/aromatic N) is 4. The molecule has 0 saturated carbocycles. The fraction of sp³-hybridized carbons (Fsp3) is 0.167. The number of para-hydroxylation sites is 1. The molecule has 2 aromatic carbocycles. The predicted octanol–water partition coefficient (Wildman–Crippen LogP) is 5.00. The Kier molecular flexibility index (Phi) is 5.19. The lowest BCUT2D eigenvalue weighted by Gasteiger charge is -2.14. The summed E-state index contributed by atoms with van der Waals surface area (Å²) in [5, 5.41) is 9.89. The Morgan fingerprint density at radius 3 is 2.59 bits per heavy atom. The number of aryl methyl sites for hydroxylation is 2. The molecular formula is C24H20N4O2S2. The van der Waals surface area contributed by atoms with E-state index >= 15 is 0 Å². The Morgan fingerprint density at radius 1 is 1.00 bits per heavy atom. The first-order chi connectivity index (χ1) is 15.5. The lowest BCUT2D eigenvalue weighted by atomic mass is 10.1. The number of hydrogen-bond acceptors (Lipinski definition) is 6. The van der Waals surface area contributed by atoms with Gasteiger partial charge in [-0.1, -0.05) is 36.0 Å². The van der Waals surface area contributed by atoms with E-state index in [2.05, 4.69) is 10.2 Å². The van der Waals surface area contributed by atoms with Crippen LogP contribution in [0.3, 0.4) is 0 Å². The molecule has 0 aliphatic rings. The molecule has 3 heterocycles. The number of carbonyl (C=O) groups excluding carboxylic acids is 1. The van der Waals surface area contributed by atoms with Crippen LogP contribution in [0.4, 0.5) is 0 Å². The highest BCUT2D eigenvalue weighted by Gasteiger charge is 2.20. The Morgan fingerprint density at radius 2 is 1.81 bits per heavy atom. The Hall–Kier alpha value is -3.23. The minimum Gasteiger partial charge on any atom is -0.292 e. The normalized spacial score (nSPS) is 11.5. The molecule has 32 heavy (non-hydrogen) atoms. The van der Waals surface area contributed by atoms with Crippen molar-refractivity contribution < 1.29 is 4.79 Å². The highest BCUT2D eigenvalue weighted by molar-refractivity contribution is 7.99. The molecule has 5 aromatic rings. The van der Waals surface area contributed by atoms with E-state index in [9.17, 15) is 9.59 Å². The minimum atomic E-state index is -0.143. The summed E-state index contributed by atoms with van der Waals surface area (Å²) in [5.41, 5.74) is 3.45. The molecule has 0 atom stereocenters. The predicted molar refractivity (Wildman–Crippen MR) is 130 cm³/mol. The average Bonchev–Trinajstić information content (AvgIpc) is 3.41. The molecule has 0 bridgehead atoms. The zero-order valence-corrected chi connectivity index (χ0v) is 19.5. The van der Waals surface area contributed by atoms with Gasteiger partial charge >= 0.3 is 0 Å². The fourth-order valence-electron chi connectivity index (χ4n) is 3.75. The lowest BCUT2D eigenvalue weighted by molar-refractivity contribution is 0.102. The van der Waals surface area contributed by atoms with Crippen molar-refractivity contribution in [3.63, 3.8) is 0 Å². The number of thiophene rings is 1. The van der Waals surface area contributed by atoms with E-state index in [-0.39, 0.29) is 17.1 Å². The van der Waals surface area contributed by atoms with Crippen molar-refractivity contribution in [1.82, 2.24) is 19.2 Å². The summed E-state index contributed by atoms with van der Waals surface area (Å²) >= 11 is 2.82. The van der Waals surface area contributed by atoms with Gasteiger partial charge in [-0.25, -0.2) is 4.57 Å².